The molecule has 330 valence electrons. The number of carbonyl (C=O) groups excluding carboxylic acids is 3. The lowest BCUT2D eigenvalue weighted by molar-refractivity contribution is -0.135. The molecule has 0 aliphatic carbocycles. The number of nitrogens with zero attached hydrogens (tertiary/aromatic N) is 9. The number of hydrogen-bond donors (Lipinski definition) is 2. The van der Waals surface area contributed by atoms with E-state index in [-0.39, 0.29) is 30.3 Å². The number of benzene rings is 3. The minimum atomic E-state index is -0.744. The van der Waals surface area contributed by atoms with E-state index in [1.165, 1.54) is 21.4 Å². The van der Waals surface area contributed by atoms with E-state index in [2.05, 4.69) is 74.5 Å². The Morgan fingerprint density at radius 1 is 0.815 bits per heavy atom. The van der Waals surface area contributed by atoms with Crippen LogP contribution in [0.25, 0.3) is 55.2 Å². The number of pyridine rings is 1. The Bertz CT molecular complexity index is 3190. The maximum atomic E-state index is 13.7. The van der Waals surface area contributed by atoms with Crippen LogP contribution >= 0.6 is 0 Å². The SMILES string of the molecule is Cn1c(CN2CCC(c3ccc(C(=O)N4CCC(Cn5cc(-c6cccc7c6n(C)c(=O)n7C6CCC(=O)NC6=O)cn5)CC4)cc3)CC2)cc2c(-c3ccc4[nH]ncc4c3)ccnc21. The molecule has 8 aromatic rings. The molecule has 15 heteroatoms. The highest BCUT2D eigenvalue weighted by molar-refractivity contribution is 6.01. The number of aryl methyl sites for hydroxylation is 2. The molecule has 5 aromatic heterocycles. The number of carbonyl (C=O) groups is 3. The van der Waals surface area contributed by atoms with Crippen LogP contribution in [0.3, 0.4) is 0 Å². The molecular weight excluding hydrogens is 819 g/mol. The van der Waals surface area contributed by atoms with Gasteiger partial charge >= 0.3 is 5.69 Å². The largest absolute Gasteiger partial charge is 0.339 e. The molecule has 0 radical (unpaired) electrons. The van der Waals surface area contributed by atoms with Gasteiger partial charge in [-0.05, 0) is 116 Å². The Labute approximate surface area is 374 Å². The number of likely N-dealkylation sites (tertiary alicyclic amines) is 2. The van der Waals surface area contributed by atoms with Crippen LogP contribution in [0.15, 0.2) is 102 Å². The van der Waals surface area contributed by atoms with Crippen molar-refractivity contribution in [1.29, 1.82) is 0 Å². The first-order chi connectivity index (χ1) is 31.7. The number of nitrogens with one attached hydrogen (secondary N) is 2. The quantitative estimate of drug-likeness (QED) is 0.155. The summed E-state index contributed by atoms with van der Waals surface area (Å²) in [5, 5.41) is 16.6. The number of fused-ring (bicyclic) bond motifs is 3. The molecule has 2 N–H and O–H groups in total. The first-order valence-electron chi connectivity index (χ1n) is 22.7. The van der Waals surface area contributed by atoms with Gasteiger partial charge in [0.15, 0.2) is 0 Å². The van der Waals surface area contributed by atoms with E-state index in [1.54, 1.807) is 11.6 Å². The fraction of sp³-hybridized carbons (Fsp3) is 0.340. The van der Waals surface area contributed by atoms with Crippen LogP contribution < -0.4 is 11.0 Å². The fourth-order valence-corrected chi connectivity index (χ4v) is 10.6. The third kappa shape index (κ3) is 7.42. The highest BCUT2D eigenvalue weighted by Gasteiger charge is 2.32. The number of para-hydroxylation sites is 1. The van der Waals surface area contributed by atoms with Gasteiger partial charge < -0.3 is 9.47 Å². The maximum Gasteiger partial charge on any atom is 0.329 e. The van der Waals surface area contributed by atoms with Crippen molar-refractivity contribution in [2.75, 3.05) is 26.2 Å². The van der Waals surface area contributed by atoms with Gasteiger partial charge in [-0.25, -0.2) is 9.78 Å². The molecule has 3 aliphatic heterocycles. The molecule has 1 atom stereocenters. The summed E-state index contributed by atoms with van der Waals surface area (Å²) in [5.41, 5.74) is 10.4. The van der Waals surface area contributed by atoms with Crippen LogP contribution in [0.1, 0.15) is 72.1 Å². The van der Waals surface area contributed by atoms with Crippen LogP contribution in [-0.2, 0) is 36.8 Å². The van der Waals surface area contributed by atoms with Gasteiger partial charge in [-0.15, -0.1) is 0 Å². The number of imide groups is 1. The number of rotatable bonds is 9. The van der Waals surface area contributed by atoms with Crippen LogP contribution in [0, 0.1) is 5.92 Å². The number of piperidine rings is 3. The summed E-state index contributed by atoms with van der Waals surface area (Å²) in [4.78, 5) is 61.0. The molecule has 3 fully saturated rings. The number of imidazole rings is 1. The topological polar surface area (TPSA) is 161 Å². The standard InChI is InChI=1S/C50H51N11O4/c1-56-38(25-41-39(14-19-51-47(41)56)35-10-11-42-36(24-35)26-52-55-42)30-58-20-17-33(18-21-58)32-6-8-34(9-7-32)49(64)59-22-15-31(16-23-59)28-60-29-37(27-53-60)40-4-3-5-43-46(40)57(2)50(65)61(43)44-12-13-45(62)54-48(44)63/h3-11,14,19,24-27,29,31,33,44H,12-13,15-18,20-23,28,30H2,1-2H3,(H,52,55)(H,54,62,63). The van der Waals surface area contributed by atoms with Gasteiger partial charge in [0.05, 0.1) is 28.9 Å². The highest BCUT2D eigenvalue weighted by Crippen LogP contribution is 2.35. The summed E-state index contributed by atoms with van der Waals surface area (Å²) in [6.45, 7) is 5.02. The predicted octanol–water partition coefficient (Wildman–Crippen LogP) is 6.54. The van der Waals surface area contributed by atoms with E-state index in [0.717, 1.165) is 96.1 Å². The Hall–Kier alpha value is -7.13. The number of aromatic nitrogens is 8. The van der Waals surface area contributed by atoms with Gasteiger partial charge in [-0.1, -0.05) is 30.3 Å². The molecule has 3 saturated heterocycles. The third-order valence-corrected chi connectivity index (χ3v) is 14.3. The molecule has 65 heavy (non-hydrogen) atoms. The molecule has 11 rings (SSSR count). The molecule has 3 amide bonds. The lowest BCUT2D eigenvalue weighted by Crippen LogP contribution is -2.44. The summed E-state index contributed by atoms with van der Waals surface area (Å²) >= 11 is 0. The second kappa shape index (κ2) is 16.5. The van der Waals surface area contributed by atoms with Gasteiger partial charge in [-0.3, -0.25) is 43.5 Å². The van der Waals surface area contributed by atoms with Crippen molar-refractivity contribution >= 4 is 50.7 Å². The van der Waals surface area contributed by atoms with Crippen LogP contribution in [-0.4, -0.2) is 92.4 Å². The molecule has 15 nitrogen and oxygen atoms in total. The molecule has 8 heterocycles. The van der Waals surface area contributed by atoms with Gasteiger partial charge in [0.1, 0.15) is 11.7 Å². The number of aromatic amines is 1. The smallest absolute Gasteiger partial charge is 0.329 e. The number of amides is 3. The van der Waals surface area contributed by atoms with E-state index >= 15 is 0 Å². The Balaban J connectivity index is 0.681. The molecule has 0 bridgehead atoms. The Morgan fingerprint density at radius 2 is 1.63 bits per heavy atom. The number of hydrogen-bond acceptors (Lipinski definition) is 8. The zero-order valence-electron chi connectivity index (χ0n) is 36.6. The van der Waals surface area contributed by atoms with Crippen LogP contribution in [0.4, 0.5) is 0 Å². The van der Waals surface area contributed by atoms with Gasteiger partial charge in [0, 0.05) is 92.2 Å². The molecule has 3 aromatic carbocycles. The van der Waals surface area contributed by atoms with Crippen molar-refractivity contribution in [2.24, 2.45) is 20.0 Å². The lowest BCUT2D eigenvalue weighted by atomic mass is 9.88. The predicted molar refractivity (Wildman–Crippen MR) is 248 cm³/mol. The van der Waals surface area contributed by atoms with E-state index < -0.39 is 11.9 Å². The summed E-state index contributed by atoms with van der Waals surface area (Å²) in [6.07, 6.45) is 12.0. The van der Waals surface area contributed by atoms with Crippen molar-refractivity contribution in [1.82, 2.24) is 53.8 Å². The van der Waals surface area contributed by atoms with Gasteiger partial charge in [0.25, 0.3) is 5.91 Å². The zero-order valence-corrected chi connectivity index (χ0v) is 36.6. The second-order valence-electron chi connectivity index (χ2n) is 18.2. The highest BCUT2D eigenvalue weighted by atomic mass is 16.2. The summed E-state index contributed by atoms with van der Waals surface area (Å²) in [7, 11) is 3.83. The van der Waals surface area contributed by atoms with Crippen molar-refractivity contribution in [2.45, 2.75) is 63.6 Å². The molecule has 0 spiro atoms. The molecular formula is C50H51N11O4. The molecule has 0 saturated carbocycles. The first-order valence-corrected chi connectivity index (χ1v) is 22.7. The average Bonchev–Trinajstić information content (AvgIpc) is 4.12. The van der Waals surface area contributed by atoms with E-state index in [4.69, 9.17) is 10.1 Å². The third-order valence-electron chi connectivity index (χ3n) is 14.3. The van der Waals surface area contributed by atoms with Gasteiger partial charge in [0.2, 0.25) is 11.8 Å². The molecule has 1 unspecified atom stereocenters. The van der Waals surface area contributed by atoms with Crippen LogP contribution in [0.2, 0.25) is 0 Å². The maximum absolute atomic E-state index is 13.7. The monoisotopic (exact) mass is 869 g/mol. The minimum absolute atomic E-state index is 0.0868. The average molecular weight is 870 g/mol. The van der Waals surface area contributed by atoms with Crippen molar-refractivity contribution in [3.05, 3.63) is 125 Å². The second-order valence-corrected chi connectivity index (χ2v) is 18.2. The minimum Gasteiger partial charge on any atom is -0.339 e. The number of H-pyrrole nitrogens is 1. The Morgan fingerprint density at radius 3 is 2.43 bits per heavy atom. The fourth-order valence-electron chi connectivity index (χ4n) is 10.6. The van der Waals surface area contributed by atoms with Crippen LogP contribution in [0.5, 0.6) is 0 Å². The normalized spacial score (nSPS) is 18.1. The van der Waals surface area contributed by atoms with Gasteiger partial charge in [-0.2, -0.15) is 10.2 Å². The Kier molecular flexibility index (Phi) is 10.3. The van der Waals surface area contributed by atoms with E-state index in [1.807, 2.05) is 64.7 Å². The summed E-state index contributed by atoms with van der Waals surface area (Å²) < 4.78 is 7.27. The van der Waals surface area contributed by atoms with Crippen molar-refractivity contribution < 1.29 is 14.4 Å². The van der Waals surface area contributed by atoms with Crippen molar-refractivity contribution in [3.8, 4) is 22.3 Å². The van der Waals surface area contributed by atoms with Crippen molar-refractivity contribution in [3.63, 3.8) is 0 Å². The van der Waals surface area contributed by atoms with E-state index in [0.29, 0.717) is 36.0 Å². The zero-order chi connectivity index (χ0) is 44.3. The summed E-state index contributed by atoms with van der Waals surface area (Å²) in [5.74, 6) is 0.148. The molecule has 3 aliphatic rings. The summed E-state index contributed by atoms with van der Waals surface area (Å²) in [6, 6.07) is 24.1. The first kappa shape index (κ1) is 40.6. The lowest BCUT2D eigenvalue weighted by Gasteiger charge is -2.33. The van der Waals surface area contributed by atoms with E-state index in [9.17, 15) is 19.2 Å².